The highest BCUT2D eigenvalue weighted by Gasteiger charge is 2.33. The van der Waals surface area contributed by atoms with Crippen molar-refractivity contribution in [3.63, 3.8) is 0 Å². The van der Waals surface area contributed by atoms with Crippen molar-refractivity contribution in [3.8, 4) is 0 Å². The largest absolute Gasteiger partial charge is 0.466 e. The van der Waals surface area contributed by atoms with Crippen LogP contribution in [-0.2, 0) is 9.53 Å². The van der Waals surface area contributed by atoms with Crippen LogP contribution in [0.5, 0.6) is 0 Å². The molecule has 1 aromatic carbocycles. The van der Waals surface area contributed by atoms with E-state index in [0.29, 0.717) is 6.61 Å². The van der Waals surface area contributed by atoms with Crippen LogP contribution in [-0.4, -0.2) is 25.7 Å². The molecule has 1 aliphatic rings. The standard InChI is InChI=1S/C15H21NO2/c1-3-18-15(17)14-10-16-9-8-13(14)12-7-5-4-6-11(12)2/h4-7,13-14,16H,3,8-10H2,1-2H3/t13-,14-/m0/s1. The number of aryl methyl sites for hydroxylation is 1. The number of esters is 1. The minimum absolute atomic E-state index is 0.0557. The number of carbonyl (C=O) groups excluding carboxylic acids is 1. The van der Waals surface area contributed by atoms with Crippen molar-refractivity contribution >= 4 is 5.97 Å². The molecule has 98 valence electrons. The summed E-state index contributed by atoms with van der Waals surface area (Å²) >= 11 is 0. The van der Waals surface area contributed by atoms with Gasteiger partial charge in [0.25, 0.3) is 0 Å². The van der Waals surface area contributed by atoms with Crippen LogP contribution in [0.2, 0.25) is 0 Å². The van der Waals surface area contributed by atoms with Crippen LogP contribution in [0.3, 0.4) is 0 Å². The zero-order valence-electron chi connectivity index (χ0n) is 11.1. The van der Waals surface area contributed by atoms with E-state index in [1.165, 1.54) is 11.1 Å². The molecule has 1 N–H and O–H groups in total. The van der Waals surface area contributed by atoms with Crippen molar-refractivity contribution in [2.45, 2.75) is 26.2 Å². The van der Waals surface area contributed by atoms with E-state index in [2.05, 4.69) is 24.4 Å². The first-order valence-electron chi connectivity index (χ1n) is 6.67. The van der Waals surface area contributed by atoms with E-state index in [1.54, 1.807) is 0 Å². The molecule has 2 rings (SSSR count). The molecule has 1 aliphatic heterocycles. The number of hydrogen-bond donors (Lipinski definition) is 1. The van der Waals surface area contributed by atoms with Gasteiger partial charge in [-0.15, -0.1) is 0 Å². The molecule has 3 heteroatoms. The smallest absolute Gasteiger partial charge is 0.310 e. The Labute approximate surface area is 109 Å². The van der Waals surface area contributed by atoms with Gasteiger partial charge in [-0.05, 0) is 43.9 Å². The topological polar surface area (TPSA) is 38.3 Å². The maximum Gasteiger partial charge on any atom is 0.310 e. The van der Waals surface area contributed by atoms with E-state index < -0.39 is 0 Å². The molecule has 1 heterocycles. The molecule has 0 unspecified atom stereocenters. The third-order valence-electron chi connectivity index (χ3n) is 3.66. The highest BCUT2D eigenvalue weighted by molar-refractivity contribution is 5.74. The van der Waals surface area contributed by atoms with Crippen molar-refractivity contribution in [1.82, 2.24) is 5.32 Å². The average molecular weight is 247 g/mol. The predicted molar refractivity (Wildman–Crippen MR) is 71.5 cm³/mol. The van der Waals surface area contributed by atoms with Gasteiger partial charge in [0.1, 0.15) is 0 Å². The first-order valence-corrected chi connectivity index (χ1v) is 6.67. The van der Waals surface area contributed by atoms with Crippen LogP contribution in [0.1, 0.15) is 30.4 Å². The van der Waals surface area contributed by atoms with Crippen molar-refractivity contribution in [3.05, 3.63) is 35.4 Å². The Morgan fingerprint density at radius 1 is 1.44 bits per heavy atom. The predicted octanol–water partition coefficient (Wildman–Crippen LogP) is 2.25. The summed E-state index contributed by atoms with van der Waals surface area (Å²) in [6, 6.07) is 8.34. The zero-order valence-corrected chi connectivity index (χ0v) is 11.1. The van der Waals surface area contributed by atoms with Crippen LogP contribution in [0.15, 0.2) is 24.3 Å². The summed E-state index contributed by atoms with van der Waals surface area (Å²) in [4.78, 5) is 12.0. The number of benzene rings is 1. The number of hydrogen-bond acceptors (Lipinski definition) is 3. The van der Waals surface area contributed by atoms with Crippen LogP contribution in [0.4, 0.5) is 0 Å². The number of piperidine rings is 1. The van der Waals surface area contributed by atoms with E-state index in [-0.39, 0.29) is 17.8 Å². The van der Waals surface area contributed by atoms with Crippen molar-refractivity contribution < 1.29 is 9.53 Å². The van der Waals surface area contributed by atoms with Gasteiger partial charge < -0.3 is 10.1 Å². The molecule has 3 nitrogen and oxygen atoms in total. The molecule has 0 bridgehead atoms. The molecule has 2 atom stereocenters. The average Bonchev–Trinajstić information content (AvgIpc) is 2.40. The van der Waals surface area contributed by atoms with Gasteiger partial charge in [-0.2, -0.15) is 0 Å². The van der Waals surface area contributed by atoms with E-state index >= 15 is 0 Å². The van der Waals surface area contributed by atoms with Gasteiger partial charge in [-0.1, -0.05) is 24.3 Å². The Morgan fingerprint density at radius 3 is 2.94 bits per heavy atom. The molecule has 0 spiro atoms. The molecule has 1 saturated heterocycles. The van der Waals surface area contributed by atoms with Crippen LogP contribution < -0.4 is 5.32 Å². The van der Waals surface area contributed by atoms with Gasteiger partial charge in [0, 0.05) is 6.54 Å². The third kappa shape index (κ3) is 2.72. The quantitative estimate of drug-likeness (QED) is 0.833. The Kier molecular flexibility index (Phi) is 4.37. The molecule has 18 heavy (non-hydrogen) atoms. The minimum Gasteiger partial charge on any atom is -0.466 e. The van der Waals surface area contributed by atoms with Crippen LogP contribution in [0.25, 0.3) is 0 Å². The van der Waals surface area contributed by atoms with Crippen molar-refractivity contribution in [1.29, 1.82) is 0 Å². The number of ether oxygens (including phenoxy) is 1. The Balaban J connectivity index is 2.23. The Bertz CT molecular complexity index is 417. The fourth-order valence-electron chi connectivity index (χ4n) is 2.73. The number of rotatable bonds is 3. The fraction of sp³-hybridized carbons (Fsp3) is 0.533. The maximum absolute atomic E-state index is 12.0. The van der Waals surface area contributed by atoms with Gasteiger partial charge in [0.2, 0.25) is 0 Å². The van der Waals surface area contributed by atoms with Crippen molar-refractivity contribution in [2.75, 3.05) is 19.7 Å². The number of carbonyl (C=O) groups is 1. The van der Waals surface area contributed by atoms with E-state index in [4.69, 9.17) is 4.74 Å². The molecule has 0 radical (unpaired) electrons. The van der Waals surface area contributed by atoms with Gasteiger partial charge in [-0.3, -0.25) is 4.79 Å². The lowest BCUT2D eigenvalue weighted by atomic mass is 9.79. The summed E-state index contributed by atoms with van der Waals surface area (Å²) in [6.45, 7) is 6.11. The molecule has 1 aromatic rings. The Morgan fingerprint density at radius 2 is 2.22 bits per heavy atom. The van der Waals surface area contributed by atoms with Gasteiger partial charge in [0.15, 0.2) is 0 Å². The highest BCUT2D eigenvalue weighted by Crippen LogP contribution is 2.32. The molecule has 0 aliphatic carbocycles. The lowest BCUT2D eigenvalue weighted by Gasteiger charge is -2.31. The first-order chi connectivity index (χ1) is 8.74. The minimum atomic E-state index is -0.0713. The van der Waals surface area contributed by atoms with Gasteiger partial charge in [-0.25, -0.2) is 0 Å². The monoisotopic (exact) mass is 247 g/mol. The second-order valence-corrected chi connectivity index (χ2v) is 4.81. The zero-order chi connectivity index (χ0) is 13.0. The van der Waals surface area contributed by atoms with Gasteiger partial charge >= 0.3 is 5.97 Å². The SMILES string of the molecule is CCOC(=O)[C@H]1CNCC[C@H]1c1ccccc1C. The molecule has 0 amide bonds. The Hall–Kier alpha value is -1.35. The summed E-state index contributed by atoms with van der Waals surface area (Å²) in [5.41, 5.74) is 2.55. The molecule has 1 fully saturated rings. The third-order valence-corrected chi connectivity index (χ3v) is 3.66. The fourth-order valence-corrected chi connectivity index (χ4v) is 2.73. The summed E-state index contributed by atoms with van der Waals surface area (Å²) in [5, 5.41) is 3.29. The van der Waals surface area contributed by atoms with Gasteiger partial charge in [0.05, 0.1) is 12.5 Å². The lowest BCUT2D eigenvalue weighted by Crippen LogP contribution is -2.40. The van der Waals surface area contributed by atoms with Crippen LogP contribution in [0, 0.1) is 12.8 Å². The summed E-state index contributed by atoms with van der Waals surface area (Å²) in [5.74, 6) is 0.157. The first kappa shape index (κ1) is 13.1. The lowest BCUT2D eigenvalue weighted by molar-refractivity contribution is -0.149. The second-order valence-electron chi connectivity index (χ2n) is 4.81. The molecule has 0 aromatic heterocycles. The molecular formula is C15H21NO2. The summed E-state index contributed by atoms with van der Waals surface area (Å²) in [6.07, 6.45) is 0.994. The van der Waals surface area contributed by atoms with E-state index in [1.807, 2.05) is 19.1 Å². The van der Waals surface area contributed by atoms with E-state index in [9.17, 15) is 4.79 Å². The maximum atomic E-state index is 12.0. The van der Waals surface area contributed by atoms with E-state index in [0.717, 1.165) is 19.5 Å². The number of nitrogens with one attached hydrogen (secondary N) is 1. The van der Waals surface area contributed by atoms with Crippen LogP contribution >= 0.6 is 0 Å². The summed E-state index contributed by atoms with van der Waals surface area (Å²) in [7, 11) is 0. The molecular weight excluding hydrogens is 226 g/mol. The molecule has 0 saturated carbocycles. The van der Waals surface area contributed by atoms with Crippen molar-refractivity contribution in [2.24, 2.45) is 5.92 Å². The highest BCUT2D eigenvalue weighted by atomic mass is 16.5. The normalized spacial score (nSPS) is 23.7. The summed E-state index contributed by atoms with van der Waals surface area (Å²) < 4.78 is 5.19. The second kappa shape index (κ2) is 6.01.